The molecular formula is C42H63N3O3. The molecule has 0 radical (unpaired) electrons. The zero-order valence-corrected chi connectivity index (χ0v) is 30.7. The van der Waals surface area contributed by atoms with Crippen molar-refractivity contribution in [1.29, 1.82) is 0 Å². The Balaban J connectivity index is 1.02. The van der Waals surface area contributed by atoms with Crippen LogP contribution in [-0.2, 0) is 4.79 Å². The van der Waals surface area contributed by atoms with Gasteiger partial charge in [0.2, 0.25) is 5.91 Å². The Morgan fingerprint density at radius 2 is 1.60 bits per heavy atom. The van der Waals surface area contributed by atoms with Crippen molar-refractivity contribution in [2.24, 2.45) is 45.8 Å². The molecule has 8 atom stereocenters. The molecule has 4 unspecified atom stereocenters. The minimum absolute atomic E-state index is 0.0602. The van der Waals surface area contributed by atoms with Crippen LogP contribution >= 0.6 is 0 Å². The van der Waals surface area contributed by atoms with E-state index in [-0.39, 0.29) is 5.41 Å². The molecule has 0 spiro atoms. The number of piperazine rings is 1. The standard InChI is InChI=1S/C42H63N3O3/c1-6-8-37(46)45-27-25-44(26-28-45)24-23-43-42-19-7-9-34(42)31-14-15-36-40(4,33(31)17-22-42)21-18-35-39(2,3)32(16-20-41(35,36)5)29-10-12-30(13-11-29)38(47)48/h10-13,16,31,33-36,43H,6-9,14-15,17-28H2,1-5H3,(H,47,48)/t31-,33?,34?,35?,36?,40-,41-,42-/m0/s1. The van der Waals surface area contributed by atoms with Gasteiger partial charge in [-0.1, -0.05) is 59.2 Å². The highest BCUT2D eigenvalue weighted by atomic mass is 16.4. The predicted octanol–water partition coefficient (Wildman–Crippen LogP) is 8.13. The molecule has 6 aliphatic rings. The van der Waals surface area contributed by atoms with Crippen LogP contribution in [0.2, 0.25) is 0 Å². The van der Waals surface area contributed by atoms with E-state index in [9.17, 15) is 14.7 Å². The normalized spacial score (nSPS) is 39.1. The van der Waals surface area contributed by atoms with Crippen LogP contribution in [0.5, 0.6) is 0 Å². The number of nitrogens with zero attached hydrogens (tertiary/aromatic N) is 2. The second-order valence-corrected chi connectivity index (χ2v) is 18.0. The maximum atomic E-state index is 12.4. The molecule has 1 aromatic carbocycles. The number of nitrogens with one attached hydrogen (secondary N) is 1. The van der Waals surface area contributed by atoms with Crippen LogP contribution in [0.25, 0.3) is 5.57 Å². The molecule has 4 saturated carbocycles. The van der Waals surface area contributed by atoms with Crippen LogP contribution in [0.1, 0.15) is 128 Å². The highest BCUT2D eigenvalue weighted by Crippen LogP contribution is 2.72. The van der Waals surface area contributed by atoms with Gasteiger partial charge in [-0.15, -0.1) is 0 Å². The van der Waals surface area contributed by atoms with Gasteiger partial charge >= 0.3 is 5.97 Å². The Kier molecular flexibility index (Phi) is 9.18. The first-order valence-electron chi connectivity index (χ1n) is 19.7. The van der Waals surface area contributed by atoms with Crippen LogP contribution in [0, 0.1) is 45.8 Å². The zero-order chi connectivity index (χ0) is 33.9. The summed E-state index contributed by atoms with van der Waals surface area (Å²) >= 11 is 0. The van der Waals surface area contributed by atoms with Crippen molar-refractivity contribution in [3.63, 3.8) is 0 Å². The third-order valence-corrected chi connectivity index (χ3v) is 15.6. The maximum Gasteiger partial charge on any atom is 0.335 e. The van der Waals surface area contributed by atoms with Gasteiger partial charge < -0.3 is 15.3 Å². The van der Waals surface area contributed by atoms with Crippen molar-refractivity contribution < 1.29 is 14.7 Å². The first-order valence-corrected chi connectivity index (χ1v) is 19.7. The third-order valence-electron chi connectivity index (χ3n) is 15.6. The molecule has 0 aromatic heterocycles. The van der Waals surface area contributed by atoms with Gasteiger partial charge in [0.05, 0.1) is 5.56 Å². The first kappa shape index (κ1) is 34.3. The lowest BCUT2D eigenvalue weighted by Crippen LogP contribution is -2.64. The number of carboxylic acids is 1. The van der Waals surface area contributed by atoms with E-state index < -0.39 is 5.97 Å². The van der Waals surface area contributed by atoms with Gasteiger partial charge in [-0.25, -0.2) is 4.79 Å². The highest BCUT2D eigenvalue weighted by Gasteiger charge is 2.65. The second-order valence-electron chi connectivity index (χ2n) is 18.0. The molecule has 264 valence electrons. The average Bonchev–Trinajstić information content (AvgIpc) is 3.49. The van der Waals surface area contributed by atoms with Crippen molar-refractivity contribution >= 4 is 17.4 Å². The Labute approximate surface area is 290 Å². The predicted molar refractivity (Wildman–Crippen MR) is 194 cm³/mol. The minimum Gasteiger partial charge on any atom is -0.478 e. The molecule has 1 aliphatic heterocycles. The number of allylic oxidation sites excluding steroid dienone is 2. The topological polar surface area (TPSA) is 72.9 Å². The molecule has 0 bridgehead atoms. The van der Waals surface area contributed by atoms with Crippen LogP contribution in [0.3, 0.4) is 0 Å². The third kappa shape index (κ3) is 5.60. The fourth-order valence-electron chi connectivity index (χ4n) is 13.5. The number of carbonyl (C=O) groups excluding carboxylic acids is 1. The zero-order valence-electron chi connectivity index (χ0n) is 30.7. The lowest BCUT2D eigenvalue weighted by Gasteiger charge is -2.68. The summed E-state index contributed by atoms with van der Waals surface area (Å²) in [5.41, 5.74) is 4.11. The molecule has 5 aliphatic carbocycles. The van der Waals surface area contributed by atoms with E-state index in [2.05, 4.69) is 55.8 Å². The number of hydrogen-bond donors (Lipinski definition) is 2. The van der Waals surface area contributed by atoms with Crippen molar-refractivity contribution in [3.8, 4) is 0 Å². The van der Waals surface area contributed by atoms with Crippen molar-refractivity contribution in [2.75, 3.05) is 39.3 Å². The summed E-state index contributed by atoms with van der Waals surface area (Å²) in [5.74, 6) is 3.42. The van der Waals surface area contributed by atoms with E-state index in [1.807, 2.05) is 12.1 Å². The van der Waals surface area contributed by atoms with Gasteiger partial charge in [0.25, 0.3) is 0 Å². The molecule has 2 N–H and O–H groups in total. The van der Waals surface area contributed by atoms with Crippen molar-refractivity contribution in [1.82, 2.24) is 15.1 Å². The van der Waals surface area contributed by atoms with E-state index in [0.29, 0.717) is 40.2 Å². The van der Waals surface area contributed by atoms with E-state index in [0.717, 1.165) is 75.8 Å². The number of carbonyl (C=O) groups is 2. The fraction of sp³-hybridized carbons (Fsp3) is 0.762. The van der Waals surface area contributed by atoms with Gasteiger partial charge in [0, 0.05) is 51.2 Å². The monoisotopic (exact) mass is 657 g/mol. The molecular weight excluding hydrogens is 594 g/mol. The molecule has 1 aromatic rings. The first-order chi connectivity index (χ1) is 22.9. The fourth-order valence-corrected chi connectivity index (χ4v) is 13.5. The Morgan fingerprint density at radius 1 is 0.854 bits per heavy atom. The quantitative estimate of drug-likeness (QED) is 0.295. The van der Waals surface area contributed by atoms with Crippen LogP contribution in [-0.4, -0.2) is 71.6 Å². The molecule has 6 nitrogen and oxygen atoms in total. The van der Waals surface area contributed by atoms with Crippen LogP contribution in [0.15, 0.2) is 30.3 Å². The summed E-state index contributed by atoms with van der Waals surface area (Å²) in [7, 11) is 0. The number of benzene rings is 1. The number of fused-ring (bicyclic) bond motifs is 7. The summed E-state index contributed by atoms with van der Waals surface area (Å²) < 4.78 is 0. The van der Waals surface area contributed by atoms with Gasteiger partial charge in [-0.3, -0.25) is 9.69 Å². The minimum atomic E-state index is -0.854. The molecule has 6 heteroatoms. The maximum absolute atomic E-state index is 12.4. The number of hydrogen-bond acceptors (Lipinski definition) is 4. The van der Waals surface area contributed by atoms with E-state index in [1.54, 1.807) is 12.1 Å². The van der Waals surface area contributed by atoms with Gasteiger partial charge in [0.15, 0.2) is 0 Å². The Hall–Kier alpha value is -2.18. The second kappa shape index (κ2) is 12.9. The Morgan fingerprint density at radius 3 is 2.31 bits per heavy atom. The van der Waals surface area contributed by atoms with Crippen LogP contribution < -0.4 is 5.32 Å². The summed E-state index contributed by atoms with van der Waals surface area (Å²) in [6, 6.07) is 7.64. The lowest BCUT2D eigenvalue weighted by atomic mass is 9.37. The number of carboxylic acid groups (broad SMARTS) is 1. The molecule has 48 heavy (non-hydrogen) atoms. The summed E-state index contributed by atoms with van der Waals surface area (Å²) in [6.07, 6.45) is 17.7. The van der Waals surface area contributed by atoms with Gasteiger partial charge in [0.1, 0.15) is 0 Å². The van der Waals surface area contributed by atoms with E-state index >= 15 is 0 Å². The number of rotatable bonds is 8. The lowest BCUT2D eigenvalue weighted by molar-refractivity contribution is -0.172. The molecule has 1 heterocycles. The summed E-state index contributed by atoms with van der Waals surface area (Å²) in [5, 5.41) is 13.7. The SMILES string of the molecule is CCCC(=O)N1CCN(CCN[C@]23CCCC2[C@H]2CCC4[C@@](C)(CCC5C(C)(C)C(c6ccc(C(=O)O)cc6)=CC[C@@]54C)C2CC3)CC1. The Bertz CT molecular complexity index is 1390. The number of amides is 1. The van der Waals surface area contributed by atoms with Crippen LogP contribution in [0.4, 0.5) is 0 Å². The highest BCUT2D eigenvalue weighted by molar-refractivity contribution is 5.88. The van der Waals surface area contributed by atoms with E-state index in [4.69, 9.17) is 0 Å². The van der Waals surface area contributed by atoms with Gasteiger partial charge in [-0.2, -0.15) is 0 Å². The molecule has 1 amide bonds. The average molecular weight is 658 g/mol. The van der Waals surface area contributed by atoms with E-state index in [1.165, 1.54) is 68.9 Å². The molecule has 5 fully saturated rings. The summed E-state index contributed by atoms with van der Waals surface area (Å²) in [6.45, 7) is 18.4. The summed E-state index contributed by atoms with van der Waals surface area (Å²) in [4.78, 5) is 28.5. The largest absolute Gasteiger partial charge is 0.478 e. The van der Waals surface area contributed by atoms with Crippen molar-refractivity contribution in [2.45, 2.75) is 117 Å². The molecule has 1 saturated heterocycles. The van der Waals surface area contributed by atoms with Gasteiger partial charge in [-0.05, 0) is 133 Å². The number of aromatic carboxylic acids is 1. The molecule has 7 rings (SSSR count). The smallest absolute Gasteiger partial charge is 0.335 e. The van der Waals surface area contributed by atoms with Crippen molar-refractivity contribution in [3.05, 3.63) is 41.5 Å².